The van der Waals surface area contributed by atoms with Gasteiger partial charge >= 0.3 is 6.03 Å². The Balaban J connectivity index is 2.05. The van der Waals surface area contributed by atoms with Crippen LogP contribution in [0.15, 0.2) is 36.7 Å². The third kappa shape index (κ3) is 3.81. The van der Waals surface area contributed by atoms with Gasteiger partial charge in [-0.15, -0.1) is 0 Å². The fourth-order valence-electron chi connectivity index (χ4n) is 2.05. The summed E-state index contributed by atoms with van der Waals surface area (Å²) in [5.74, 6) is 0.637. The van der Waals surface area contributed by atoms with Crippen molar-refractivity contribution < 1.29 is 9.18 Å². The van der Waals surface area contributed by atoms with Crippen molar-refractivity contribution in [2.24, 2.45) is 13.0 Å². The van der Waals surface area contributed by atoms with E-state index in [-0.39, 0.29) is 23.8 Å². The van der Waals surface area contributed by atoms with Crippen LogP contribution in [0.4, 0.5) is 14.9 Å². The maximum atomic E-state index is 12.8. The average molecular weight is 290 g/mol. The molecule has 1 aromatic carbocycles. The molecule has 1 atom stereocenters. The molecule has 1 heterocycles. The Labute approximate surface area is 123 Å². The van der Waals surface area contributed by atoms with Gasteiger partial charge in [0, 0.05) is 25.1 Å². The van der Waals surface area contributed by atoms with E-state index < -0.39 is 0 Å². The highest BCUT2D eigenvalue weighted by Gasteiger charge is 2.21. The smallest absolute Gasteiger partial charge is 0.319 e. The van der Waals surface area contributed by atoms with E-state index in [1.807, 2.05) is 31.7 Å². The standard InChI is InChI=1S/C15H19FN4O/c1-10(2)13(14-17-8-9-20(14)3)19-15(21)18-12-6-4-11(16)5-7-12/h4-10,13H,1-3H3,(H2,18,19,21). The average Bonchev–Trinajstić information content (AvgIpc) is 2.84. The Kier molecular flexibility index (Phi) is 4.57. The van der Waals surface area contributed by atoms with Crippen LogP contribution in [0.3, 0.4) is 0 Å². The van der Waals surface area contributed by atoms with Crippen LogP contribution in [0.25, 0.3) is 0 Å². The zero-order valence-corrected chi connectivity index (χ0v) is 12.3. The number of rotatable bonds is 4. The largest absolute Gasteiger partial charge is 0.336 e. The Morgan fingerprint density at radius 2 is 1.95 bits per heavy atom. The summed E-state index contributed by atoms with van der Waals surface area (Å²) in [6.07, 6.45) is 3.54. The Morgan fingerprint density at radius 3 is 2.48 bits per heavy atom. The van der Waals surface area contributed by atoms with Gasteiger partial charge in [0.1, 0.15) is 11.6 Å². The molecule has 5 nitrogen and oxygen atoms in total. The zero-order chi connectivity index (χ0) is 15.4. The molecule has 1 aromatic heterocycles. The summed E-state index contributed by atoms with van der Waals surface area (Å²) in [6.45, 7) is 4.02. The van der Waals surface area contributed by atoms with E-state index in [0.29, 0.717) is 5.69 Å². The van der Waals surface area contributed by atoms with E-state index in [1.54, 1.807) is 6.20 Å². The third-order valence-corrected chi connectivity index (χ3v) is 3.19. The van der Waals surface area contributed by atoms with Crippen molar-refractivity contribution in [3.05, 3.63) is 48.3 Å². The van der Waals surface area contributed by atoms with Crippen molar-refractivity contribution in [2.75, 3.05) is 5.32 Å². The van der Waals surface area contributed by atoms with E-state index >= 15 is 0 Å². The molecule has 2 amide bonds. The molecule has 0 fully saturated rings. The number of aryl methyl sites for hydroxylation is 1. The van der Waals surface area contributed by atoms with Crippen LogP contribution in [0.2, 0.25) is 0 Å². The summed E-state index contributed by atoms with van der Waals surface area (Å²) < 4.78 is 14.7. The number of nitrogens with one attached hydrogen (secondary N) is 2. The molecule has 0 saturated carbocycles. The number of aromatic nitrogens is 2. The van der Waals surface area contributed by atoms with Gasteiger partial charge in [0.25, 0.3) is 0 Å². The summed E-state index contributed by atoms with van der Waals surface area (Å²) in [5, 5.41) is 5.58. The topological polar surface area (TPSA) is 59.0 Å². The third-order valence-electron chi connectivity index (χ3n) is 3.19. The number of nitrogens with zero attached hydrogens (tertiary/aromatic N) is 2. The molecule has 6 heteroatoms. The van der Waals surface area contributed by atoms with Crippen LogP contribution >= 0.6 is 0 Å². The predicted molar refractivity (Wildman–Crippen MR) is 79.3 cm³/mol. The molecule has 0 aliphatic rings. The summed E-state index contributed by atoms with van der Waals surface area (Å²) in [6, 6.07) is 5.08. The molecule has 0 spiro atoms. The van der Waals surface area contributed by atoms with Gasteiger partial charge in [-0.2, -0.15) is 0 Å². The van der Waals surface area contributed by atoms with Crippen LogP contribution in [0, 0.1) is 11.7 Å². The minimum absolute atomic E-state index is 0.185. The van der Waals surface area contributed by atoms with Crippen molar-refractivity contribution in [3.63, 3.8) is 0 Å². The first-order valence-electron chi connectivity index (χ1n) is 6.77. The maximum Gasteiger partial charge on any atom is 0.319 e. The molecule has 0 aliphatic carbocycles. The highest BCUT2D eigenvalue weighted by atomic mass is 19.1. The van der Waals surface area contributed by atoms with E-state index in [0.717, 1.165) is 5.82 Å². The SMILES string of the molecule is CC(C)C(NC(=O)Nc1ccc(F)cc1)c1nccn1C. The van der Waals surface area contributed by atoms with Gasteiger partial charge in [0.2, 0.25) is 0 Å². The van der Waals surface area contributed by atoms with Crippen LogP contribution in [-0.4, -0.2) is 15.6 Å². The minimum atomic E-state index is -0.344. The van der Waals surface area contributed by atoms with Gasteiger partial charge in [-0.05, 0) is 30.2 Å². The van der Waals surface area contributed by atoms with Crippen LogP contribution in [-0.2, 0) is 7.05 Å². The zero-order valence-electron chi connectivity index (χ0n) is 12.3. The monoisotopic (exact) mass is 290 g/mol. The van der Waals surface area contributed by atoms with Gasteiger partial charge in [0.15, 0.2) is 0 Å². The summed E-state index contributed by atoms with van der Waals surface area (Å²) in [4.78, 5) is 16.3. The number of carbonyl (C=O) groups is 1. The van der Waals surface area contributed by atoms with Gasteiger partial charge in [-0.3, -0.25) is 0 Å². The predicted octanol–water partition coefficient (Wildman–Crippen LogP) is 3.08. The quantitative estimate of drug-likeness (QED) is 0.909. The number of carbonyl (C=O) groups excluding carboxylic acids is 1. The van der Waals surface area contributed by atoms with Gasteiger partial charge in [-0.1, -0.05) is 13.8 Å². The highest BCUT2D eigenvalue weighted by Crippen LogP contribution is 2.19. The number of anilines is 1. The number of imidazole rings is 1. The van der Waals surface area contributed by atoms with Gasteiger partial charge in [0.05, 0.1) is 6.04 Å². The number of urea groups is 1. The van der Waals surface area contributed by atoms with Crippen molar-refractivity contribution in [2.45, 2.75) is 19.9 Å². The lowest BCUT2D eigenvalue weighted by molar-refractivity contribution is 0.243. The minimum Gasteiger partial charge on any atom is -0.336 e. The normalized spacial score (nSPS) is 12.2. The number of halogens is 1. The highest BCUT2D eigenvalue weighted by molar-refractivity contribution is 5.89. The Hall–Kier alpha value is -2.37. The van der Waals surface area contributed by atoms with Crippen LogP contribution in [0.5, 0.6) is 0 Å². The second-order valence-electron chi connectivity index (χ2n) is 5.22. The first-order valence-corrected chi connectivity index (χ1v) is 6.77. The molecular weight excluding hydrogens is 271 g/mol. The molecule has 0 saturated heterocycles. The van der Waals surface area contributed by atoms with Gasteiger partial charge in [-0.25, -0.2) is 14.2 Å². The first kappa shape index (κ1) is 15.0. The van der Waals surface area contributed by atoms with Crippen LogP contribution < -0.4 is 10.6 Å². The number of hydrogen-bond donors (Lipinski definition) is 2. The van der Waals surface area contributed by atoms with E-state index in [1.165, 1.54) is 24.3 Å². The van der Waals surface area contributed by atoms with Crippen molar-refractivity contribution in [1.29, 1.82) is 0 Å². The fraction of sp³-hybridized carbons (Fsp3) is 0.333. The number of hydrogen-bond acceptors (Lipinski definition) is 2. The van der Waals surface area contributed by atoms with E-state index in [9.17, 15) is 9.18 Å². The van der Waals surface area contributed by atoms with Crippen molar-refractivity contribution in [1.82, 2.24) is 14.9 Å². The fourth-order valence-corrected chi connectivity index (χ4v) is 2.05. The van der Waals surface area contributed by atoms with Crippen molar-refractivity contribution in [3.8, 4) is 0 Å². The lowest BCUT2D eigenvalue weighted by Gasteiger charge is -2.22. The first-order chi connectivity index (χ1) is 9.97. The lowest BCUT2D eigenvalue weighted by Crippen LogP contribution is -2.36. The van der Waals surface area contributed by atoms with Gasteiger partial charge < -0.3 is 15.2 Å². The number of amides is 2. The lowest BCUT2D eigenvalue weighted by atomic mass is 10.0. The van der Waals surface area contributed by atoms with E-state index in [2.05, 4.69) is 15.6 Å². The second kappa shape index (κ2) is 6.39. The second-order valence-corrected chi connectivity index (χ2v) is 5.22. The molecule has 112 valence electrons. The summed E-state index contributed by atoms with van der Waals surface area (Å²) >= 11 is 0. The summed E-state index contributed by atoms with van der Waals surface area (Å²) in [7, 11) is 1.89. The maximum absolute atomic E-state index is 12.8. The summed E-state index contributed by atoms with van der Waals surface area (Å²) in [5.41, 5.74) is 0.538. The number of benzene rings is 1. The molecule has 2 N–H and O–H groups in total. The Morgan fingerprint density at radius 1 is 1.29 bits per heavy atom. The Bertz CT molecular complexity index is 606. The molecule has 0 aliphatic heterocycles. The van der Waals surface area contributed by atoms with Crippen molar-refractivity contribution >= 4 is 11.7 Å². The molecule has 2 rings (SSSR count). The van der Waals surface area contributed by atoms with Crippen LogP contribution in [0.1, 0.15) is 25.7 Å². The van der Waals surface area contributed by atoms with E-state index in [4.69, 9.17) is 0 Å². The molecular formula is C15H19FN4O. The molecule has 21 heavy (non-hydrogen) atoms. The molecule has 1 unspecified atom stereocenters. The molecule has 0 bridgehead atoms. The molecule has 2 aromatic rings. The molecule has 0 radical (unpaired) electrons.